The summed E-state index contributed by atoms with van der Waals surface area (Å²) in [6, 6.07) is 11.6. The van der Waals surface area contributed by atoms with Gasteiger partial charge in [0, 0.05) is 0 Å². The van der Waals surface area contributed by atoms with Gasteiger partial charge in [-0.25, -0.2) is 0 Å². The van der Waals surface area contributed by atoms with Crippen molar-refractivity contribution in [2.45, 2.75) is 190 Å². The summed E-state index contributed by atoms with van der Waals surface area (Å²) in [5, 5.41) is 47.9. The van der Waals surface area contributed by atoms with Gasteiger partial charge in [-0.1, -0.05) is 103 Å². The summed E-state index contributed by atoms with van der Waals surface area (Å²) in [5.74, 6) is 4.78. The molecule has 0 heterocycles. The van der Waals surface area contributed by atoms with Crippen molar-refractivity contribution in [1.29, 1.82) is 0 Å². The van der Waals surface area contributed by atoms with E-state index in [0.717, 1.165) is 74.0 Å². The molecular formula is C50H84O5. The Balaban J connectivity index is 0.000000344. The van der Waals surface area contributed by atoms with E-state index < -0.39 is 11.2 Å². The van der Waals surface area contributed by atoms with Crippen molar-refractivity contribution < 1.29 is 25.5 Å². The largest absolute Gasteiger partial charge is 0.508 e. The molecule has 2 fully saturated rings. The number of allylic oxidation sites excluding steroid dienone is 3. The van der Waals surface area contributed by atoms with Crippen molar-refractivity contribution in [1.82, 2.24) is 0 Å². The highest BCUT2D eigenvalue weighted by molar-refractivity contribution is 5.38. The highest BCUT2D eigenvalue weighted by Crippen LogP contribution is 2.35. The fraction of sp³-hybridized carbons (Fsp3) is 0.680. The third-order valence-corrected chi connectivity index (χ3v) is 12.1. The molecule has 0 aromatic heterocycles. The maximum Gasteiger partial charge on any atom is 0.119 e. The number of hydrogen-bond donors (Lipinski definition) is 5. The average Bonchev–Trinajstić information content (AvgIpc) is 3.06. The SMILES string of the molecule is C=C(C)C1CCC(C)(O)CC1.CC1=CCC(C(C)(C)O)CC1.CC1CCC(C(C)C)C(O)C1.Cc1ccc(C(C)C)c(O)c1.Cc1ccc(C(C)C)cc1O. The first-order valence-corrected chi connectivity index (χ1v) is 21.4. The molecule has 2 aromatic carbocycles. The molecule has 5 N–H and O–H groups in total. The van der Waals surface area contributed by atoms with Crippen LogP contribution in [-0.4, -0.2) is 42.8 Å². The minimum atomic E-state index is -0.489. The number of hydrogen-bond acceptors (Lipinski definition) is 5. The van der Waals surface area contributed by atoms with Gasteiger partial charge in [-0.3, -0.25) is 0 Å². The van der Waals surface area contributed by atoms with E-state index in [2.05, 4.69) is 81.0 Å². The van der Waals surface area contributed by atoms with Crippen LogP contribution in [0.5, 0.6) is 11.5 Å². The molecule has 4 atom stereocenters. The molecule has 314 valence electrons. The second kappa shape index (κ2) is 23.6. The Bertz CT molecular complexity index is 1430. The summed E-state index contributed by atoms with van der Waals surface area (Å²) < 4.78 is 0. The van der Waals surface area contributed by atoms with E-state index >= 15 is 0 Å². The summed E-state index contributed by atoms with van der Waals surface area (Å²) in [6.07, 6.45) is 13.2. The Kier molecular flexibility index (Phi) is 21.6. The predicted molar refractivity (Wildman–Crippen MR) is 236 cm³/mol. The molecule has 0 amide bonds. The first kappa shape index (κ1) is 50.4. The van der Waals surface area contributed by atoms with Gasteiger partial charge in [0.25, 0.3) is 0 Å². The number of phenols is 2. The second-order valence-corrected chi connectivity index (χ2v) is 19.1. The van der Waals surface area contributed by atoms with E-state index in [1.54, 1.807) is 6.07 Å². The summed E-state index contributed by atoms with van der Waals surface area (Å²) >= 11 is 0. The van der Waals surface area contributed by atoms with Gasteiger partial charge in [-0.15, -0.1) is 0 Å². The van der Waals surface area contributed by atoms with Crippen molar-refractivity contribution in [3.63, 3.8) is 0 Å². The lowest BCUT2D eigenvalue weighted by molar-refractivity contribution is 0.0122. The lowest BCUT2D eigenvalue weighted by Gasteiger charge is -2.33. The van der Waals surface area contributed by atoms with Crippen molar-refractivity contribution >= 4 is 0 Å². The van der Waals surface area contributed by atoms with E-state index in [0.29, 0.717) is 47.0 Å². The van der Waals surface area contributed by atoms with Gasteiger partial charge in [-0.05, 0) is 182 Å². The summed E-state index contributed by atoms with van der Waals surface area (Å²) in [5.41, 5.74) is 6.12. The molecule has 4 unspecified atom stereocenters. The van der Waals surface area contributed by atoms with Crippen LogP contribution in [0.3, 0.4) is 0 Å². The van der Waals surface area contributed by atoms with Crippen LogP contribution in [0.4, 0.5) is 0 Å². The van der Waals surface area contributed by atoms with Crippen LogP contribution in [-0.2, 0) is 0 Å². The maximum absolute atomic E-state index is 9.71. The van der Waals surface area contributed by atoms with E-state index in [-0.39, 0.29) is 6.10 Å². The highest BCUT2D eigenvalue weighted by atomic mass is 16.3. The number of aliphatic hydroxyl groups is 3. The smallest absolute Gasteiger partial charge is 0.119 e. The molecule has 2 aromatic rings. The lowest BCUT2D eigenvalue weighted by Crippen LogP contribution is -2.31. The fourth-order valence-corrected chi connectivity index (χ4v) is 7.62. The third-order valence-electron chi connectivity index (χ3n) is 12.1. The molecule has 3 aliphatic rings. The third kappa shape index (κ3) is 19.4. The Hall–Kier alpha value is -2.60. The standard InChI is InChI=1S/2C10H18O.C10H14O.C10H20O.C10H14O/c1-8-4-6-9(7-5-8)10(2,3)11;1-8(2)9-4-6-10(3,11)7-5-9;1-7(2)9-5-4-8(3)10(11)6-9;2*1-7(2)9-5-4-8(3)6-10(9)11/h4,9,11H,5-7H2,1-3H3;9,11H,1,4-7H2,2-3H3;4-7,11H,1-3H3;7-11H,4-6H2,1-3H3;4-7,11H,1-3H3. The van der Waals surface area contributed by atoms with E-state index in [1.807, 2.05) is 58.9 Å². The number of rotatable bonds is 5. The first-order chi connectivity index (χ1) is 25.3. The highest BCUT2D eigenvalue weighted by Gasteiger charge is 2.30. The maximum atomic E-state index is 9.71. The molecule has 55 heavy (non-hydrogen) atoms. The van der Waals surface area contributed by atoms with E-state index in [1.165, 1.54) is 29.6 Å². The van der Waals surface area contributed by atoms with Gasteiger partial charge in [-0.2, -0.15) is 0 Å². The lowest BCUT2D eigenvalue weighted by atomic mass is 9.75. The summed E-state index contributed by atoms with van der Waals surface area (Å²) in [4.78, 5) is 0. The zero-order valence-electron chi connectivity index (χ0n) is 37.7. The van der Waals surface area contributed by atoms with Crippen LogP contribution in [0.1, 0.15) is 181 Å². The van der Waals surface area contributed by atoms with Gasteiger partial charge in [0.15, 0.2) is 0 Å². The molecule has 5 heteroatoms. The normalized spacial score (nSPS) is 25.2. The molecule has 5 nitrogen and oxygen atoms in total. The number of benzene rings is 2. The minimum Gasteiger partial charge on any atom is -0.508 e. The van der Waals surface area contributed by atoms with Crippen molar-refractivity contribution in [3.05, 3.63) is 82.5 Å². The number of aryl methyl sites for hydroxylation is 2. The van der Waals surface area contributed by atoms with E-state index in [4.69, 9.17) is 0 Å². The van der Waals surface area contributed by atoms with Crippen LogP contribution in [0.25, 0.3) is 0 Å². The average molecular weight is 765 g/mol. The molecule has 0 saturated heterocycles. The van der Waals surface area contributed by atoms with Crippen LogP contribution >= 0.6 is 0 Å². The molecule has 2 saturated carbocycles. The Morgan fingerprint density at radius 3 is 1.85 bits per heavy atom. The minimum absolute atomic E-state index is 0.0289. The molecule has 0 bridgehead atoms. The molecule has 3 aliphatic carbocycles. The monoisotopic (exact) mass is 765 g/mol. The van der Waals surface area contributed by atoms with Crippen LogP contribution < -0.4 is 0 Å². The van der Waals surface area contributed by atoms with Crippen LogP contribution in [0, 0.1) is 43.4 Å². The van der Waals surface area contributed by atoms with Gasteiger partial charge < -0.3 is 25.5 Å². The Morgan fingerprint density at radius 1 is 0.836 bits per heavy atom. The first-order valence-electron chi connectivity index (χ1n) is 21.4. The van der Waals surface area contributed by atoms with Crippen LogP contribution in [0.2, 0.25) is 0 Å². The molecule has 0 spiro atoms. The Morgan fingerprint density at radius 2 is 1.44 bits per heavy atom. The molecule has 5 rings (SSSR count). The second-order valence-electron chi connectivity index (χ2n) is 19.1. The fourth-order valence-electron chi connectivity index (χ4n) is 7.62. The van der Waals surface area contributed by atoms with Crippen molar-refractivity contribution in [2.75, 3.05) is 0 Å². The van der Waals surface area contributed by atoms with Gasteiger partial charge in [0.1, 0.15) is 11.5 Å². The molecule has 0 aliphatic heterocycles. The topological polar surface area (TPSA) is 101 Å². The van der Waals surface area contributed by atoms with Crippen molar-refractivity contribution in [2.24, 2.45) is 29.6 Å². The Labute approximate surface area is 338 Å². The zero-order valence-corrected chi connectivity index (χ0v) is 37.7. The predicted octanol–water partition coefficient (Wildman–Crippen LogP) is 13.1. The number of phenolic OH excluding ortho intramolecular Hbond substituents is 2. The number of aromatic hydroxyl groups is 2. The summed E-state index contributed by atoms with van der Waals surface area (Å²) in [7, 11) is 0. The van der Waals surface area contributed by atoms with Gasteiger partial charge in [0.2, 0.25) is 0 Å². The molecule has 0 radical (unpaired) electrons. The van der Waals surface area contributed by atoms with E-state index in [9.17, 15) is 25.5 Å². The number of aliphatic hydroxyl groups excluding tert-OH is 1. The van der Waals surface area contributed by atoms with Crippen molar-refractivity contribution in [3.8, 4) is 11.5 Å². The quantitative estimate of drug-likeness (QED) is 0.195. The zero-order chi connectivity index (χ0) is 42.3. The van der Waals surface area contributed by atoms with Crippen LogP contribution in [0.15, 0.2) is 60.2 Å². The van der Waals surface area contributed by atoms with Gasteiger partial charge >= 0.3 is 0 Å². The van der Waals surface area contributed by atoms with Gasteiger partial charge in [0.05, 0.1) is 17.3 Å². The summed E-state index contributed by atoms with van der Waals surface area (Å²) in [6.45, 7) is 32.9. The molecular weight excluding hydrogens is 681 g/mol.